The third-order valence-corrected chi connectivity index (χ3v) is 4.34. The summed E-state index contributed by atoms with van der Waals surface area (Å²) in [6.45, 7) is 1.91. The topological polar surface area (TPSA) is 88.5 Å². The van der Waals surface area contributed by atoms with Crippen LogP contribution < -0.4 is 5.32 Å². The minimum Gasteiger partial charge on any atom is -0.341 e. The molecule has 2 N–H and O–H groups in total. The Morgan fingerprint density at radius 2 is 2.08 bits per heavy atom. The number of hydrogen-bond acceptors (Lipinski definition) is 4. The molecule has 7 heteroatoms. The number of amides is 1. The van der Waals surface area contributed by atoms with Crippen LogP contribution >= 0.6 is 0 Å². The molecule has 0 aliphatic rings. The molecular formula is C19H18N6O. The van der Waals surface area contributed by atoms with Crippen molar-refractivity contribution in [3.63, 3.8) is 0 Å². The number of para-hydroxylation sites is 2. The molecule has 0 spiro atoms. The van der Waals surface area contributed by atoms with E-state index in [4.69, 9.17) is 0 Å². The SMILES string of the molecule is C[C@@H](NC(=O)c1cc(-c2cccnc2)n[nH]1)c1nc2ccccc2n1C. The number of aryl methyl sites for hydroxylation is 1. The molecule has 0 bridgehead atoms. The van der Waals surface area contributed by atoms with Gasteiger partial charge in [-0.25, -0.2) is 4.98 Å². The number of fused-ring (bicyclic) bond motifs is 1. The van der Waals surface area contributed by atoms with Gasteiger partial charge in [-0.1, -0.05) is 12.1 Å². The zero-order valence-electron chi connectivity index (χ0n) is 14.5. The quantitative estimate of drug-likeness (QED) is 0.595. The molecule has 0 aliphatic carbocycles. The molecule has 4 rings (SSSR count). The van der Waals surface area contributed by atoms with Crippen LogP contribution in [-0.2, 0) is 7.05 Å². The highest BCUT2D eigenvalue weighted by molar-refractivity contribution is 5.93. The number of hydrogen-bond donors (Lipinski definition) is 2. The van der Waals surface area contributed by atoms with Gasteiger partial charge in [0, 0.05) is 25.0 Å². The monoisotopic (exact) mass is 346 g/mol. The average Bonchev–Trinajstić information content (AvgIpc) is 3.28. The van der Waals surface area contributed by atoms with Gasteiger partial charge >= 0.3 is 0 Å². The first-order valence-corrected chi connectivity index (χ1v) is 8.31. The van der Waals surface area contributed by atoms with Gasteiger partial charge in [-0.2, -0.15) is 5.10 Å². The number of nitrogens with one attached hydrogen (secondary N) is 2. The highest BCUT2D eigenvalue weighted by Crippen LogP contribution is 2.20. The van der Waals surface area contributed by atoms with E-state index in [0.717, 1.165) is 22.4 Å². The van der Waals surface area contributed by atoms with E-state index in [-0.39, 0.29) is 11.9 Å². The molecule has 3 heterocycles. The van der Waals surface area contributed by atoms with Gasteiger partial charge in [0.15, 0.2) is 0 Å². The van der Waals surface area contributed by atoms with Crippen LogP contribution in [0.4, 0.5) is 0 Å². The van der Waals surface area contributed by atoms with Gasteiger partial charge in [-0.05, 0) is 37.3 Å². The van der Waals surface area contributed by atoms with Gasteiger partial charge < -0.3 is 9.88 Å². The molecule has 0 saturated heterocycles. The summed E-state index contributed by atoms with van der Waals surface area (Å²) in [6, 6.07) is 13.1. The second-order valence-electron chi connectivity index (χ2n) is 6.12. The zero-order valence-corrected chi connectivity index (χ0v) is 14.5. The standard InChI is InChI=1S/C19H18N6O/c1-12(18-22-14-7-3-4-8-17(14)25(18)2)21-19(26)16-10-15(23-24-16)13-6-5-9-20-11-13/h3-12H,1-2H3,(H,21,26)(H,23,24)/t12-/m1/s1. The number of nitrogens with zero attached hydrogens (tertiary/aromatic N) is 4. The molecule has 7 nitrogen and oxygen atoms in total. The van der Waals surface area contributed by atoms with Crippen molar-refractivity contribution in [2.75, 3.05) is 0 Å². The molecule has 4 aromatic rings. The van der Waals surface area contributed by atoms with Crippen molar-refractivity contribution in [2.24, 2.45) is 7.05 Å². The van der Waals surface area contributed by atoms with Crippen LogP contribution in [0.1, 0.15) is 29.3 Å². The number of H-pyrrole nitrogens is 1. The number of aromatic nitrogens is 5. The maximum absolute atomic E-state index is 12.6. The van der Waals surface area contributed by atoms with Crippen molar-refractivity contribution < 1.29 is 4.79 Å². The first-order valence-electron chi connectivity index (χ1n) is 8.31. The molecule has 130 valence electrons. The Morgan fingerprint density at radius 1 is 1.23 bits per heavy atom. The first-order chi connectivity index (χ1) is 12.6. The van der Waals surface area contributed by atoms with Crippen LogP contribution in [0.15, 0.2) is 54.9 Å². The van der Waals surface area contributed by atoms with Gasteiger partial charge in [0.25, 0.3) is 5.91 Å². The Balaban J connectivity index is 1.54. The molecule has 0 radical (unpaired) electrons. The summed E-state index contributed by atoms with van der Waals surface area (Å²) in [7, 11) is 1.95. The van der Waals surface area contributed by atoms with Crippen molar-refractivity contribution in [2.45, 2.75) is 13.0 Å². The predicted molar refractivity (Wildman–Crippen MR) is 98.4 cm³/mol. The Hall–Kier alpha value is -3.48. The number of carbonyl (C=O) groups excluding carboxylic acids is 1. The minimum absolute atomic E-state index is 0.229. The zero-order chi connectivity index (χ0) is 18.1. The number of carbonyl (C=O) groups is 1. The lowest BCUT2D eigenvalue weighted by Crippen LogP contribution is -2.28. The summed E-state index contributed by atoms with van der Waals surface area (Å²) in [4.78, 5) is 21.3. The Labute approximate surface area is 150 Å². The molecule has 0 unspecified atom stereocenters. The van der Waals surface area contributed by atoms with Gasteiger partial charge in [0.2, 0.25) is 0 Å². The van der Waals surface area contributed by atoms with Crippen LogP contribution in [0, 0.1) is 0 Å². The lowest BCUT2D eigenvalue weighted by molar-refractivity contribution is 0.0933. The third kappa shape index (κ3) is 2.83. The minimum atomic E-state index is -0.245. The van der Waals surface area contributed by atoms with Crippen LogP contribution in [0.25, 0.3) is 22.3 Å². The van der Waals surface area contributed by atoms with Crippen molar-refractivity contribution in [1.29, 1.82) is 0 Å². The molecule has 0 saturated carbocycles. The van der Waals surface area contributed by atoms with Gasteiger partial charge in [0.1, 0.15) is 11.5 Å². The Morgan fingerprint density at radius 3 is 2.85 bits per heavy atom. The van der Waals surface area contributed by atoms with E-state index in [1.807, 2.05) is 54.9 Å². The van der Waals surface area contributed by atoms with Crippen molar-refractivity contribution >= 4 is 16.9 Å². The second kappa shape index (κ2) is 6.44. The van der Waals surface area contributed by atoms with Crippen LogP contribution in [-0.4, -0.2) is 30.6 Å². The van der Waals surface area contributed by atoms with E-state index < -0.39 is 0 Å². The van der Waals surface area contributed by atoms with E-state index >= 15 is 0 Å². The lowest BCUT2D eigenvalue weighted by Gasteiger charge is -2.13. The fourth-order valence-electron chi connectivity index (χ4n) is 2.99. The van der Waals surface area contributed by atoms with E-state index in [9.17, 15) is 4.79 Å². The first kappa shape index (κ1) is 16.0. The van der Waals surface area contributed by atoms with Crippen molar-refractivity contribution in [3.05, 3.63) is 66.4 Å². The third-order valence-electron chi connectivity index (χ3n) is 4.34. The number of pyridine rings is 1. The number of rotatable bonds is 4. The molecular weight excluding hydrogens is 328 g/mol. The van der Waals surface area contributed by atoms with Crippen molar-refractivity contribution in [1.82, 2.24) is 30.0 Å². The molecule has 3 aromatic heterocycles. The average molecular weight is 346 g/mol. The summed E-state index contributed by atoms with van der Waals surface area (Å²) in [6.07, 6.45) is 3.40. The molecule has 1 atom stereocenters. The maximum atomic E-state index is 12.6. The fourth-order valence-corrected chi connectivity index (χ4v) is 2.99. The van der Waals surface area contributed by atoms with Gasteiger partial charge in [-0.15, -0.1) is 0 Å². The molecule has 1 aromatic carbocycles. The van der Waals surface area contributed by atoms with Crippen LogP contribution in [0.2, 0.25) is 0 Å². The van der Waals surface area contributed by atoms with E-state index in [0.29, 0.717) is 11.4 Å². The number of imidazole rings is 1. The normalized spacial score (nSPS) is 12.2. The second-order valence-corrected chi connectivity index (χ2v) is 6.12. The van der Waals surface area contributed by atoms with E-state index in [2.05, 4.69) is 25.5 Å². The summed E-state index contributed by atoms with van der Waals surface area (Å²) >= 11 is 0. The van der Waals surface area contributed by atoms with E-state index in [1.54, 1.807) is 18.5 Å². The summed E-state index contributed by atoms with van der Waals surface area (Å²) in [5.41, 5.74) is 3.87. The molecule has 1 amide bonds. The highest BCUT2D eigenvalue weighted by atomic mass is 16.2. The summed E-state index contributed by atoms with van der Waals surface area (Å²) in [5, 5.41) is 9.95. The number of benzene rings is 1. The Kier molecular flexibility index (Phi) is 3.96. The summed E-state index contributed by atoms with van der Waals surface area (Å²) in [5.74, 6) is 0.568. The Bertz CT molecular complexity index is 1070. The van der Waals surface area contributed by atoms with Gasteiger partial charge in [0.05, 0.1) is 22.8 Å². The van der Waals surface area contributed by atoms with Gasteiger partial charge in [-0.3, -0.25) is 14.9 Å². The van der Waals surface area contributed by atoms with Crippen molar-refractivity contribution in [3.8, 4) is 11.3 Å². The maximum Gasteiger partial charge on any atom is 0.269 e. The van der Waals surface area contributed by atoms with Crippen LogP contribution in [0.3, 0.4) is 0 Å². The fraction of sp³-hybridized carbons (Fsp3) is 0.158. The highest BCUT2D eigenvalue weighted by Gasteiger charge is 2.18. The summed E-state index contributed by atoms with van der Waals surface area (Å²) < 4.78 is 1.99. The predicted octanol–water partition coefficient (Wildman–Crippen LogP) is 2.85. The number of aromatic amines is 1. The lowest BCUT2D eigenvalue weighted by atomic mass is 10.2. The molecule has 0 fully saturated rings. The van der Waals surface area contributed by atoms with Crippen LogP contribution in [0.5, 0.6) is 0 Å². The smallest absolute Gasteiger partial charge is 0.269 e. The van der Waals surface area contributed by atoms with E-state index in [1.165, 1.54) is 0 Å². The molecule has 26 heavy (non-hydrogen) atoms. The largest absolute Gasteiger partial charge is 0.341 e. The molecule has 0 aliphatic heterocycles.